The fourth-order valence-electron chi connectivity index (χ4n) is 2.70. The lowest BCUT2D eigenvalue weighted by Gasteiger charge is -2.30. The fraction of sp³-hybridized carbons (Fsp3) is 0.571. The molecule has 2 heterocycles. The first-order valence-electron chi connectivity index (χ1n) is 7.29. The molecule has 22 heavy (non-hydrogen) atoms. The summed E-state index contributed by atoms with van der Waals surface area (Å²) in [6, 6.07) is 2.83. The summed E-state index contributed by atoms with van der Waals surface area (Å²) in [6.45, 7) is 4.44. The zero-order valence-corrected chi connectivity index (χ0v) is 13.8. The molecule has 0 spiro atoms. The number of fused-ring (bicyclic) bond motifs is 1. The maximum atomic E-state index is 12.6. The first-order valence-corrected chi connectivity index (χ1v) is 9.15. The van der Waals surface area contributed by atoms with Crippen LogP contribution in [0.25, 0.3) is 0 Å². The van der Waals surface area contributed by atoms with Crippen LogP contribution in [0.15, 0.2) is 17.0 Å². The van der Waals surface area contributed by atoms with Gasteiger partial charge in [-0.1, -0.05) is 18.5 Å². The van der Waals surface area contributed by atoms with Crippen LogP contribution < -0.4 is 19.5 Å². The maximum Gasteiger partial charge on any atom is 0.242 e. The van der Waals surface area contributed by atoms with E-state index in [0.29, 0.717) is 24.7 Å². The van der Waals surface area contributed by atoms with Crippen LogP contribution in [0.2, 0.25) is 5.02 Å². The molecule has 1 aromatic carbocycles. The average Bonchev–Trinajstić information content (AvgIpc) is 2.48. The molecule has 2 atom stereocenters. The van der Waals surface area contributed by atoms with Gasteiger partial charge in [-0.15, -0.1) is 0 Å². The minimum Gasteiger partial charge on any atom is -0.486 e. The molecule has 8 heteroatoms. The van der Waals surface area contributed by atoms with Crippen molar-refractivity contribution in [2.24, 2.45) is 5.92 Å². The van der Waals surface area contributed by atoms with E-state index in [-0.39, 0.29) is 21.9 Å². The molecule has 3 rings (SSSR count). The number of halogens is 1. The molecular weight excluding hydrogens is 328 g/mol. The van der Waals surface area contributed by atoms with Crippen molar-refractivity contribution in [3.05, 3.63) is 17.2 Å². The van der Waals surface area contributed by atoms with Crippen LogP contribution in [-0.4, -0.2) is 40.8 Å². The van der Waals surface area contributed by atoms with Crippen LogP contribution >= 0.6 is 11.6 Å². The van der Waals surface area contributed by atoms with Crippen LogP contribution in [0, 0.1) is 5.92 Å². The summed E-state index contributed by atoms with van der Waals surface area (Å²) < 4.78 is 38.9. The topological polar surface area (TPSA) is 76.7 Å². The summed E-state index contributed by atoms with van der Waals surface area (Å²) in [6.07, 6.45) is 0.753. The summed E-state index contributed by atoms with van der Waals surface area (Å²) in [7, 11) is -3.70. The Labute approximate surface area is 135 Å². The smallest absolute Gasteiger partial charge is 0.242 e. The Morgan fingerprint density at radius 3 is 2.64 bits per heavy atom. The van der Waals surface area contributed by atoms with Crippen molar-refractivity contribution in [2.45, 2.75) is 24.3 Å². The van der Waals surface area contributed by atoms with Gasteiger partial charge in [-0.3, -0.25) is 0 Å². The van der Waals surface area contributed by atoms with E-state index in [2.05, 4.69) is 10.0 Å². The number of sulfonamides is 1. The first kappa shape index (κ1) is 15.9. The van der Waals surface area contributed by atoms with Crippen LogP contribution in [0.3, 0.4) is 0 Å². The lowest BCUT2D eigenvalue weighted by molar-refractivity contribution is 0.171. The van der Waals surface area contributed by atoms with Crippen molar-refractivity contribution < 1.29 is 17.9 Å². The SMILES string of the molecule is CC1CNCCC1NS(=O)(=O)c1cc2c(cc1Cl)OCCO2. The third-order valence-electron chi connectivity index (χ3n) is 3.98. The Balaban J connectivity index is 1.88. The number of ether oxygens (including phenoxy) is 2. The summed E-state index contributed by atoms with van der Waals surface area (Å²) >= 11 is 6.13. The third kappa shape index (κ3) is 3.17. The molecule has 0 saturated carbocycles. The zero-order valence-electron chi connectivity index (χ0n) is 12.3. The number of benzene rings is 1. The van der Waals surface area contributed by atoms with Crippen LogP contribution in [-0.2, 0) is 10.0 Å². The van der Waals surface area contributed by atoms with E-state index in [0.717, 1.165) is 19.5 Å². The van der Waals surface area contributed by atoms with Crippen LogP contribution in [0.4, 0.5) is 0 Å². The monoisotopic (exact) mass is 346 g/mol. The molecule has 2 aliphatic rings. The van der Waals surface area contributed by atoms with Gasteiger partial charge in [-0.05, 0) is 25.4 Å². The van der Waals surface area contributed by atoms with Gasteiger partial charge in [0.2, 0.25) is 10.0 Å². The van der Waals surface area contributed by atoms with Crippen molar-refractivity contribution in [2.75, 3.05) is 26.3 Å². The highest BCUT2D eigenvalue weighted by Gasteiger charge is 2.29. The summed E-state index contributed by atoms with van der Waals surface area (Å²) in [5.41, 5.74) is 0. The molecule has 0 aromatic heterocycles. The average molecular weight is 347 g/mol. The number of nitrogens with one attached hydrogen (secondary N) is 2. The van der Waals surface area contributed by atoms with Crippen LogP contribution in [0.5, 0.6) is 11.5 Å². The number of piperidine rings is 1. The summed E-state index contributed by atoms with van der Waals surface area (Å²) in [5.74, 6) is 1.11. The molecule has 1 aromatic rings. The van der Waals surface area contributed by atoms with E-state index in [4.69, 9.17) is 21.1 Å². The molecule has 2 unspecified atom stereocenters. The highest BCUT2D eigenvalue weighted by molar-refractivity contribution is 7.89. The molecular formula is C14H19ClN2O4S. The highest BCUT2D eigenvalue weighted by atomic mass is 35.5. The largest absolute Gasteiger partial charge is 0.486 e. The van der Waals surface area contributed by atoms with E-state index >= 15 is 0 Å². The van der Waals surface area contributed by atoms with Crippen molar-refractivity contribution in [1.82, 2.24) is 10.0 Å². The fourth-order valence-corrected chi connectivity index (χ4v) is 4.62. The minimum atomic E-state index is -3.70. The summed E-state index contributed by atoms with van der Waals surface area (Å²) in [4.78, 5) is 0.0316. The number of hydrogen-bond donors (Lipinski definition) is 2. The van der Waals surface area contributed by atoms with Gasteiger partial charge < -0.3 is 14.8 Å². The lowest BCUT2D eigenvalue weighted by Crippen LogP contribution is -2.48. The molecule has 0 bridgehead atoms. The van der Waals surface area contributed by atoms with Gasteiger partial charge in [0.15, 0.2) is 11.5 Å². The number of hydrogen-bond acceptors (Lipinski definition) is 5. The molecule has 0 radical (unpaired) electrons. The standard InChI is InChI=1S/C14H19ClN2O4S/c1-9-8-16-3-2-11(9)17-22(18,19)14-7-13-12(6-10(14)15)20-4-5-21-13/h6-7,9,11,16-17H,2-5,8H2,1H3. The van der Waals surface area contributed by atoms with Gasteiger partial charge in [-0.2, -0.15) is 0 Å². The van der Waals surface area contributed by atoms with Crippen LogP contribution in [0.1, 0.15) is 13.3 Å². The molecule has 0 aliphatic carbocycles. The van der Waals surface area contributed by atoms with E-state index in [9.17, 15) is 8.42 Å². The van der Waals surface area contributed by atoms with Crippen molar-refractivity contribution in [3.8, 4) is 11.5 Å². The second kappa shape index (κ2) is 6.23. The second-order valence-corrected chi connectivity index (χ2v) is 7.71. The van der Waals surface area contributed by atoms with Gasteiger partial charge >= 0.3 is 0 Å². The second-order valence-electron chi connectivity index (χ2n) is 5.62. The van der Waals surface area contributed by atoms with Gasteiger partial charge in [0.1, 0.15) is 18.1 Å². The normalized spacial score (nSPS) is 25.0. The molecule has 0 amide bonds. The Morgan fingerprint density at radius 2 is 1.95 bits per heavy atom. The molecule has 122 valence electrons. The Morgan fingerprint density at radius 1 is 1.27 bits per heavy atom. The van der Waals surface area contributed by atoms with E-state index in [1.165, 1.54) is 12.1 Å². The van der Waals surface area contributed by atoms with Gasteiger partial charge in [0.25, 0.3) is 0 Å². The van der Waals surface area contributed by atoms with Crippen molar-refractivity contribution in [1.29, 1.82) is 0 Å². The Bertz CT molecular complexity index is 665. The van der Waals surface area contributed by atoms with E-state index in [1.54, 1.807) is 0 Å². The van der Waals surface area contributed by atoms with Crippen molar-refractivity contribution >= 4 is 21.6 Å². The summed E-state index contributed by atoms with van der Waals surface area (Å²) in [5, 5.41) is 3.38. The molecule has 1 saturated heterocycles. The predicted octanol–water partition coefficient (Wildman–Crippen LogP) is 1.39. The highest BCUT2D eigenvalue weighted by Crippen LogP contribution is 2.37. The van der Waals surface area contributed by atoms with E-state index < -0.39 is 10.0 Å². The number of rotatable bonds is 3. The molecule has 6 nitrogen and oxygen atoms in total. The molecule has 1 fully saturated rings. The van der Waals surface area contributed by atoms with Crippen molar-refractivity contribution in [3.63, 3.8) is 0 Å². The van der Waals surface area contributed by atoms with Gasteiger partial charge in [0.05, 0.1) is 5.02 Å². The molecule has 2 aliphatic heterocycles. The van der Waals surface area contributed by atoms with Gasteiger partial charge in [0, 0.05) is 18.2 Å². The predicted molar refractivity (Wildman–Crippen MR) is 83.2 cm³/mol. The Hall–Kier alpha value is -1.02. The lowest BCUT2D eigenvalue weighted by atomic mass is 9.97. The van der Waals surface area contributed by atoms with E-state index in [1.807, 2.05) is 6.92 Å². The quantitative estimate of drug-likeness (QED) is 0.865. The Kier molecular flexibility index (Phi) is 4.49. The first-order chi connectivity index (χ1) is 10.5. The third-order valence-corrected chi connectivity index (χ3v) is 5.93. The minimum absolute atomic E-state index is 0.0316. The maximum absolute atomic E-state index is 12.6. The zero-order chi connectivity index (χ0) is 15.7. The van der Waals surface area contributed by atoms with Gasteiger partial charge in [-0.25, -0.2) is 13.1 Å². The molecule has 2 N–H and O–H groups in total.